The molecule has 0 saturated heterocycles. The van der Waals surface area contributed by atoms with Crippen molar-refractivity contribution >= 4 is 28.9 Å². The Morgan fingerprint density at radius 3 is 2.68 bits per heavy atom. The molecule has 2 aromatic carbocycles. The summed E-state index contributed by atoms with van der Waals surface area (Å²) in [5, 5.41) is 22.9. The van der Waals surface area contributed by atoms with Crippen molar-refractivity contribution in [2.24, 2.45) is 0 Å². The van der Waals surface area contributed by atoms with E-state index in [1.54, 1.807) is 24.3 Å². The lowest BCUT2D eigenvalue weighted by atomic mass is 10.1. The predicted molar refractivity (Wildman–Crippen MR) is 83.3 cm³/mol. The van der Waals surface area contributed by atoms with Crippen molar-refractivity contribution in [1.82, 2.24) is 0 Å². The van der Waals surface area contributed by atoms with E-state index >= 15 is 0 Å². The van der Waals surface area contributed by atoms with Gasteiger partial charge in [-0.25, -0.2) is 0 Å². The lowest BCUT2D eigenvalue weighted by Gasteiger charge is -2.10. The summed E-state index contributed by atoms with van der Waals surface area (Å²) < 4.78 is 0. The van der Waals surface area contributed by atoms with Crippen LogP contribution in [0.5, 0.6) is 0 Å². The van der Waals surface area contributed by atoms with Crippen LogP contribution in [-0.4, -0.2) is 22.5 Å². The largest absolute Gasteiger partial charge is 0.396 e. The predicted octanol–water partition coefficient (Wildman–Crippen LogP) is 3.04. The molecule has 1 amide bonds. The molecular weight excluding hydrogens is 308 g/mol. The smallest absolute Gasteiger partial charge is 0.282 e. The molecule has 0 heterocycles. The molecule has 22 heavy (non-hydrogen) atoms. The Balaban J connectivity index is 2.34. The van der Waals surface area contributed by atoms with Crippen molar-refractivity contribution < 1.29 is 14.8 Å². The van der Waals surface area contributed by atoms with E-state index in [0.717, 1.165) is 5.56 Å². The summed E-state index contributed by atoms with van der Waals surface area (Å²) in [5.41, 5.74) is 0.802. The highest BCUT2D eigenvalue weighted by molar-refractivity contribution is 6.31. The molecule has 0 saturated carbocycles. The van der Waals surface area contributed by atoms with E-state index in [4.69, 9.17) is 16.7 Å². The van der Waals surface area contributed by atoms with E-state index in [0.29, 0.717) is 12.1 Å². The lowest BCUT2D eigenvalue weighted by molar-refractivity contribution is -0.385. The molecule has 2 aromatic rings. The van der Waals surface area contributed by atoms with Crippen molar-refractivity contribution in [3.63, 3.8) is 0 Å². The number of hydrogen-bond acceptors (Lipinski definition) is 4. The summed E-state index contributed by atoms with van der Waals surface area (Å²) in [6.45, 7) is -0.0653. The summed E-state index contributed by atoms with van der Waals surface area (Å²) >= 11 is 5.81. The zero-order valence-electron chi connectivity index (χ0n) is 11.5. The topological polar surface area (TPSA) is 92.5 Å². The summed E-state index contributed by atoms with van der Waals surface area (Å²) in [4.78, 5) is 22.7. The number of aliphatic hydroxyl groups excluding tert-OH is 1. The van der Waals surface area contributed by atoms with Gasteiger partial charge in [0, 0.05) is 23.4 Å². The van der Waals surface area contributed by atoms with Crippen LogP contribution in [0.25, 0.3) is 0 Å². The Hall–Kier alpha value is -2.44. The molecule has 0 radical (unpaired) electrons. The third kappa shape index (κ3) is 3.60. The maximum atomic E-state index is 12.3. The van der Waals surface area contributed by atoms with Gasteiger partial charge in [0.1, 0.15) is 5.56 Å². The van der Waals surface area contributed by atoms with Gasteiger partial charge in [-0.2, -0.15) is 0 Å². The molecule has 0 aliphatic carbocycles. The standard InChI is InChI=1S/C15H13ClN2O4/c16-11-5-6-14(18(21)22)12(9-11)15(20)17-13-4-2-1-3-10(13)7-8-19/h1-6,9,19H,7-8H2,(H,17,20). The van der Waals surface area contributed by atoms with Crippen LogP contribution < -0.4 is 5.32 Å². The first kappa shape index (κ1) is 15.9. The number of halogens is 1. The summed E-state index contributed by atoms with van der Waals surface area (Å²) in [6.07, 6.45) is 0.369. The number of benzene rings is 2. The number of nitro benzene ring substituents is 1. The number of carbonyl (C=O) groups is 1. The second kappa shape index (κ2) is 7.02. The van der Waals surface area contributed by atoms with Crippen LogP contribution in [-0.2, 0) is 6.42 Å². The Labute approximate surface area is 131 Å². The molecule has 7 heteroatoms. The van der Waals surface area contributed by atoms with E-state index in [-0.39, 0.29) is 22.9 Å². The highest BCUT2D eigenvalue weighted by Crippen LogP contribution is 2.24. The van der Waals surface area contributed by atoms with Crippen LogP contribution in [0.4, 0.5) is 11.4 Å². The van der Waals surface area contributed by atoms with E-state index in [9.17, 15) is 14.9 Å². The van der Waals surface area contributed by atoms with Gasteiger partial charge in [-0.15, -0.1) is 0 Å². The number of hydrogen-bond donors (Lipinski definition) is 2. The van der Waals surface area contributed by atoms with Crippen molar-refractivity contribution in [3.05, 3.63) is 68.7 Å². The molecule has 0 spiro atoms. The van der Waals surface area contributed by atoms with Crippen LogP contribution in [0, 0.1) is 10.1 Å². The van der Waals surface area contributed by atoms with Gasteiger partial charge in [-0.1, -0.05) is 29.8 Å². The van der Waals surface area contributed by atoms with Gasteiger partial charge in [0.2, 0.25) is 0 Å². The third-order valence-corrected chi connectivity index (χ3v) is 3.28. The molecule has 0 fully saturated rings. The minimum atomic E-state index is -0.634. The van der Waals surface area contributed by atoms with Gasteiger partial charge < -0.3 is 10.4 Å². The molecule has 0 aliphatic rings. The van der Waals surface area contributed by atoms with Crippen LogP contribution in [0.15, 0.2) is 42.5 Å². The fourth-order valence-corrected chi connectivity index (χ4v) is 2.19. The van der Waals surface area contributed by atoms with E-state index in [1.165, 1.54) is 18.2 Å². The third-order valence-electron chi connectivity index (χ3n) is 3.05. The minimum absolute atomic E-state index is 0.0653. The molecule has 0 atom stereocenters. The van der Waals surface area contributed by atoms with Gasteiger partial charge in [-0.3, -0.25) is 14.9 Å². The number of nitro groups is 1. The molecule has 114 valence electrons. The maximum absolute atomic E-state index is 12.3. The van der Waals surface area contributed by atoms with Gasteiger partial charge in [0.15, 0.2) is 0 Å². The van der Waals surface area contributed by atoms with Gasteiger partial charge >= 0.3 is 0 Å². The van der Waals surface area contributed by atoms with Crippen molar-refractivity contribution in [1.29, 1.82) is 0 Å². The number of carbonyl (C=O) groups excluding carboxylic acids is 1. The normalized spacial score (nSPS) is 10.3. The Morgan fingerprint density at radius 2 is 2.00 bits per heavy atom. The second-order valence-electron chi connectivity index (χ2n) is 4.50. The Bertz CT molecular complexity index is 718. The van der Waals surface area contributed by atoms with E-state index in [2.05, 4.69) is 5.32 Å². The number of nitrogens with zero attached hydrogens (tertiary/aromatic N) is 1. The molecule has 2 rings (SSSR count). The van der Waals surface area contributed by atoms with Crippen LogP contribution in [0.1, 0.15) is 15.9 Å². The average molecular weight is 321 g/mol. The first-order valence-corrected chi connectivity index (χ1v) is 6.84. The molecular formula is C15H13ClN2O4. The summed E-state index contributed by atoms with van der Waals surface area (Å²) in [5.74, 6) is -0.625. The van der Waals surface area contributed by atoms with E-state index in [1.807, 2.05) is 0 Å². The fourth-order valence-electron chi connectivity index (χ4n) is 2.02. The van der Waals surface area contributed by atoms with Crippen LogP contribution in [0.2, 0.25) is 5.02 Å². The lowest BCUT2D eigenvalue weighted by Crippen LogP contribution is -2.15. The number of anilines is 1. The van der Waals surface area contributed by atoms with Gasteiger partial charge in [-0.05, 0) is 30.2 Å². The number of nitrogens with one attached hydrogen (secondary N) is 1. The Morgan fingerprint density at radius 1 is 1.27 bits per heavy atom. The first-order valence-electron chi connectivity index (χ1n) is 6.47. The highest BCUT2D eigenvalue weighted by atomic mass is 35.5. The highest BCUT2D eigenvalue weighted by Gasteiger charge is 2.21. The van der Waals surface area contributed by atoms with E-state index < -0.39 is 10.8 Å². The zero-order chi connectivity index (χ0) is 16.1. The minimum Gasteiger partial charge on any atom is -0.396 e. The Kier molecular flexibility index (Phi) is 5.08. The van der Waals surface area contributed by atoms with Crippen LogP contribution >= 0.6 is 11.6 Å². The maximum Gasteiger partial charge on any atom is 0.282 e. The summed E-state index contributed by atoms with van der Waals surface area (Å²) in [7, 11) is 0. The van der Waals surface area contributed by atoms with Crippen molar-refractivity contribution in [3.8, 4) is 0 Å². The SMILES string of the molecule is O=C(Nc1ccccc1CCO)c1cc(Cl)ccc1[N+](=O)[O-]. The second-order valence-corrected chi connectivity index (χ2v) is 4.94. The molecule has 0 aromatic heterocycles. The monoisotopic (exact) mass is 320 g/mol. The van der Waals surface area contributed by atoms with Crippen LogP contribution in [0.3, 0.4) is 0 Å². The number of aliphatic hydroxyl groups is 1. The fraction of sp³-hybridized carbons (Fsp3) is 0.133. The number of amides is 1. The molecule has 0 unspecified atom stereocenters. The number of para-hydroxylation sites is 1. The number of rotatable bonds is 5. The van der Waals surface area contributed by atoms with Crippen molar-refractivity contribution in [2.45, 2.75) is 6.42 Å². The zero-order valence-corrected chi connectivity index (χ0v) is 12.2. The van der Waals surface area contributed by atoms with Crippen molar-refractivity contribution in [2.75, 3.05) is 11.9 Å². The average Bonchev–Trinajstić information content (AvgIpc) is 2.49. The molecule has 0 bridgehead atoms. The quantitative estimate of drug-likeness (QED) is 0.654. The molecule has 6 nitrogen and oxygen atoms in total. The summed E-state index contributed by atoms with van der Waals surface area (Å²) in [6, 6.07) is 10.7. The molecule has 0 aliphatic heterocycles. The van der Waals surface area contributed by atoms with Gasteiger partial charge in [0.05, 0.1) is 4.92 Å². The first-order chi connectivity index (χ1) is 10.5. The van der Waals surface area contributed by atoms with Gasteiger partial charge in [0.25, 0.3) is 11.6 Å². The molecule has 2 N–H and O–H groups in total.